The molecule has 2 fully saturated rings. The second-order valence-electron chi connectivity index (χ2n) is 1.86. The van der Waals surface area contributed by atoms with Crippen LogP contribution in [0.25, 0.3) is 0 Å². The van der Waals surface area contributed by atoms with E-state index in [0.717, 1.165) is 24.7 Å². The molecular weight excluding hydrogens is 222 g/mol. The summed E-state index contributed by atoms with van der Waals surface area (Å²) in [5.41, 5.74) is 0. The van der Waals surface area contributed by atoms with Crippen molar-refractivity contribution in [3.8, 4) is 0 Å². The second kappa shape index (κ2) is 4.61. The molecule has 0 spiro atoms. The van der Waals surface area contributed by atoms with E-state index in [4.69, 9.17) is 13.4 Å². The SMILES string of the molecule is C1CSP(OP2OCCS2)O1. The van der Waals surface area contributed by atoms with Gasteiger partial charge in [-0.3, -0.25) is 4.31 Å². The fraction of sp³-hybridized carbons (Fsp3) is 1.00. The van der Waals surface area contributed by atoms with Crippen LogP contribution in [0.5, 0.6) is 0 Å². The third-order valence-corrected chi connectivity index (χ3v) is 8.25. The van der Waals surface area contributed by atoms with Gasteiger partial charge in [0.25, 0.3) is 0 Å². The topological polar surface area (TPSA) is 27.7 Å². The third-order valence-electron chi connectivity index (χ3n) is 1.09. The van der Waals surface area contributed by atoms with Crippen LogP contribution in [-0.2, 0) is 13.4 Å². The molecule has 0 aromatic rings. The molecule has 0 aliphatic carbocycles. The summed E-state index contributed by atoms with van der Waals surface area (Å²) in [6.07, 6.45) is 0. The van der Waals surface area contributed by atoms with Crippen LogP contribution in [0, 0.1) is 0 Å². The van der Waals surface area contributed by atoms with Gasteiger partial charge in [-0.2, -0.15) is 0 Å². The van der Waals surface area contributed by atoms with E-state index in [2.05, 4.69) is 0 Å². The van der Waals surface area contributed by atoms with Gasteiger partial charge >= 0.3 is 0 Å². The highest BCUT2D eigenvalue weighted by Crippen LogP contribution is 2.70. The van der Waals surface area contributed by atoms with E-state index >= 15 is 0 Å². The first-order chi connectivity index (χ1) is 5.45. The van der Waals surface area contributed by atoms with E-state index in [9.17, 15) is 0 Å². The zero-order valence-electron chi connectivity index (χ0n) is 5.76. The van der Waals surface area contributed by atoms with E-state index in [1.165, 1.54) is 0 Å². The molecule has 3 nitrogen and oxygen atoms in total. The normalized spacial score (nSPS) is 38.2. The van der Waals surface area contributed by atoms with Crippen molar-refractivity contribution < 1.29 is 13.4 Å². The lowest BCUT2D eigenvalue weighted by atomic mass is 10.9. The van der Waals surface area contributed by atoms with E-state index in [1.54, 1.807) is 22.8 Å². The molecule has 0 bridgehead atoms. The zero-order valence-corrected chi connectivity index (χ0v) is 9.19. The van der Waals surface area contributed by atoms with Crippen molar-refractivity contribution in [3.63, 3.8) is 0 Å². The molecule has 0 aromatic carbocycles. The highest BCUT2D eigenvalue weighted by Gasteiger charge is 2.27. The zero-order chi connectivity index (χ0) is 7.52. The van der Waals surface area contributed by atoms with Crippen LogP contribution in [0.15, 0.2) is 0 Å². The van der Waals surface area contributed by atoms with Crippen molar-refractivity contribution in [2.24, 2.45) is 0 Å². The molecular formula is C4H8O3P2S2. The van der Waals surface area contributed by atoms with Gasteiger partial charge in [0.1, 0.15) is 0 Å². The molecule has 2 heterocycles. The highest BCUT2D eigenvalue weighted by molar-refractivity contribution is 8.58. The van der Waals surface area contributed by atoms with E-state index in [1.807, 2.05) is 0 Å². The first-order valence-electron chi connectivity index (χ1n) is 3.25. The lowest BCUT2D eigenvalue weighted by Crippen LogP contribution is -1.79. The maximum Gasteiger partial charge on any atom is 0.244 e. The lowest BCUT2D eigenvalue weighted by molar-refractivity contribution is 0.333. The van der Waals surface area contributed by atoms with Crippen LogP contribution in [0.2, 0.25) is 0 Å². The van der Waals surface area contributed by atoms with Crippen molar-refractivity contribution in [3.05, 3.63) is 0 Å². The highest BCUT2D eigenvalue weighted by atomic mass is 32.7. The second-order valence-corrected chi connectivity index (χ2v) is 8.60. The van der Waals surface area contributed by atoms with Gasteiger partial charge in [-0.05, 0) is 0 Å². The van der Waals surface area contributed by atoms with Crippen LogP contribution in [0.1, 0.15) is 0 Å². The molecule has 2 aliphatic rings. The van der Waals surface area contributed by atoms with Gasteiger partial charge in [-0.1, -0.05) is 22.8 Å². The number of rotatable bonds is 2. The quantitative estimate of drug-likeness (QED) is 0.680. The Labute approximate surface area is 76.3 Å². The molecule has 0 N–H and O–H groups in total. The smallest absolute Gasteiger partial charge is 0.244 e. The van der Waals surface area contributed by atoms with E-state index in [-0.39, 0.29) is 0 Å². The Hall–Kier alpha value is 1.44. The van der Waals surface area contributed by atoms with Crippen LogP contribution < -0.4 is 0 Å². The van der Waals surface area contributed by atoms with Gasteiger partial charge in [0.05, 0.1) is 13.2 Å². The Bertz CT molecular complexity index is 113. The largest absolute Gasteiger partial charge is 0.325 e. The Morgan fingerprint density at radius 3 is 1.91 bits per heavy atom. The summed E-state index contributed by atoms with van der Waals surface area (Å²) in [5.74, 6) is 2.14. The number of hydrogen-bond donors (Lipinski definition) is 0. The first kappa shape index (κ1) is 9.01. The lowest BCUT2D eigenvalue weighted by Gasteiger charge is -2.11. The van der Waals surface area contributed by atoms with Crippen LogP contribution >= 0.6 is 37.9 Å². The number of hydrogen-bond acceptors (Lipinski definition) is 5. The summed E-state index contributed by atoms with van der Waals surface area (Å²) in [4.78, 5) is 0. The maximum absolute atomic E-state index is 5.58. The van der Waals surface area contributed by atoms with Crippen molar-refractivity contribution in [1.29, 1.82) is 0 Å². The van der Waals surface area contributed by atoms with Gasteiger partial charge in [0, 0.05) is 11.5 Å². The molecule has 64 valence electrons. The van der Waals surface area contributed by atoms with Gasteiger partial charge in [-0.25, -0.2) is 0 Å². The molecule has 0 aromatic heterocycles. The van der Waals surface area contributed by atoms with Crippen molar-refractivity contribution in [1.82, 2.24) is 0 Å². The van der Waals surface area contributed by atoms with Gasteiger partial charge < -0.3 is 9.05 Å². The van der Waals surface area contributed by atoms with E-state index in [0.29, 0.717) is 0 Å². The third kappa shape index (κ3) is 2.70. The molecule has 0 radical (unpaired) electrons. The fourth-order valence-corrected chi connectivity index (χ4v) is 7.91. The maximum atomic E-state index is 5.58. The summed E-state index contributed by atoms with van der Waals surface area (Å²) < 4.78 is 16.3. The van der Waals surface area contributed by atoms with Crippen LogP contribution in [0.4, 0.5) is 0 Å². The fourth-order valence-electron chi connectivity index (χ4n) is 0.670. The standard InChI is InChI=1S/C4H8O3P2S2/c1-3-10-8(5-1)7-9-6-2-4-11-9/h1-4H2. The minimum atomic E-state index is -0.657. The predicted octanol–water partition coefficient (Wildman–Crippen LogP) is 2.98. The molecule has 2 atom stereocenters. The predicted molar refractivity (Wildman–Crippen MR) is 51.7 cm³/mol. The average molecular weight is 230 g/mol. The molecule has 0 saturated carbocycles. The Morgan fingerprint density at radius 2 is 1.55 bits per heavy atom. The minimum Gasteiger partial charge on any atom is -0.325 e. The average Bonchev–Trinajstić information content (AvgIpc) is 2.60. The van der Waals surface area contributed by atoms with Crippen molar-refractivity contribution in [2.75, 3.05) is 24.7 Å². The van der Waals surface area contributed by atoms with Gasteiger partial charge in [-0.15, -0.1) is 0 Å². The van der Waals surface area contributed by atoms with Crippen molar-refractivity contribution in [2.45, 2.75) is 0 Å². The molecule has 2 aliphatic heterocycles. The molecule has 2 unspecified atom stereocenters. The first-order valence-corrected chi connectivity index (χ1v) is 8.79. The van der Waals surface area contributed by atoms with Gasteiger partial charge in [0.15, 0.2) is 0 Å². The van der Waals surface area contributed by atoms with Gasteiger partial charge in [0.2, 0.25) is 15.2 Å². The Kier molecular flexibility index (Phi) is 3.78. The van der Waals surface area contributed by atoms with Crippen LogP contribution in [0.3, 0.4) is 0 Å². The Balaban J connectivity index is 1.71. The van der Waals surface area contributed by atoms with Crippen LogP contribution in [-0.4, -0.2) is 24.7 Å². The molecule has 2 rings (SSSR count). The molecule has 11 heavy (non-hydrogen) atoms. The summed E-state index contributed by atoms with van der Waals surface area (Å²) in [6, 6.07) is 0. The monoisotopic (exact) mass is 230 g/mol. The summed E-state index contributed by atoms with van der Waals surface area (Å²) >= 11 is 3.54. The molecule has 0 amide bonds. The Morgan fingerprint density at radius 1 is 1.00 bits per heavy atom. The molecule has 7 heteroatoms. The minimum absolute atomic E-state index is 0.657. The summed E-state index contributed by atoms with van der Waals surface area (Å²) in [6.45, 7) is 1.68. The summed E-state index contributed by atoms with van der Waals surface area (Å²) in [7, 11) is -1.31. The van der Waals surface area contributed by atoms with Crippen molar-refractivity contribution >= 4 is 37.9 Å². The van der Waals surface area contributed by atoms with E-state index < -0.39 is 15.2 Å². The molecule has 2 saturated heterocycles. The summed E-state index contributed by atoms with van der Waals surface area (Å²) in [5, 5.41) is 0.